The molecule has 1 unspecified atom stereocenters. The Kier molecular flexibility index (Phi) is 5.46. The van der Waals surface area contributed by atoms with Gasteiger partial charge in [0, 0.05) is 18.3 Å². The molecule has 0 saturated carbocycles. The van der Waals surface area contributed by atoms with Crippen molar-refractivity contribution in [1.82, 2.24) is 15.6 Å². The van der Waals surface area contributed by atoms with Gasteiger partial charge in [0.1, 0.15) is 11.4 Å². The number of aromatic nitrogens is 1. The maximum atomic E-state index is 12.9. The van der Waals surface area contributed by atoms with Crippen LogP contribution in [0.2, 0.25) is 0 Å². The molecule has 0 aliphatic heterocycles. The van der Waals surface area contributed by atoms with Crippen LogP contribution in [0.1, 0.15) is 18.2 Å². The number of hydrogen-bond donors (Lipinski definition) is 3. The van der Waals surface area contributed by atoms with Crippen molar-refractivity contribution in [2.24, 2.45) is 0 Å². The molecule has 118 valence electrons. The minimum atomic E-state index is -1.26. The Morgan fingerprint density at radius 2 is 2.09 bits per heavy atom. The van der Waals surface area contributed by atoms with Crippen molar-refractivity contribution >= 4 is 17.4 Å². The number of halogens is 1. The molecule has 1 aromatic carbocycles. The maximum Gasteiger partial charge on any atom is 0.314 e. The molecule has 0 spiro atoms. The summed E-state index contributed by atoms with van der Waals surface area (Å²) in [6.07, 6.45) is 0.658. The predicted molar refractivity (Wildman–Crippen MR) is 83.2 cm³/mol. The fourth-order valence-electron chi connectivity index (χ4n) is 1.89. The van der Waals surface area contributed by atoms with Crippen molar-refractivity contribution in [3.63, 3.8) is 0 Å². The molecule has 2 aromatic rings. The number of rotatable bonds is 6. The second-order valence-corrected chi connectivity index (χ2v) is 5.84. The monoisotopic (exact) mass is 323 g/mol. The first-order valence-corrected chi connectivity index (χ1v) is 7.79. The lowest BCUT2D eigenvalue weighted by atomic mass is 9.96. The summed E-state index contributed by atoms with van der Waals surface area (Å²) in [5, 5.41) is 17.6. The quantitative estimate of drug-likeness (QED) is 0.761. The van der Waals surface area contributed by atoms with Crippen molar-refractivity contribution in [1.29, 1.82) is 0 Å². The fourth-order valence-corrected chi connectivity index (χ4v) is 2.48. The van der Waals surface area contributed by atoms with E-state index in [0.717, 1.165) is 5.69 Å². The third kappa shape index (κ3) is 4.78. The molecule has 1 atom stereocenters. The van der Waals surface area contributed by atoms with Gasteiger partial charge in [0.05, 0.1) is 17.7 Å². The average Bonchev–Trinajstić information content (AvgIpc) is 2.99. The van der Waals surface area contributed by atoms with E-state index in [0.29, 0.717) is 18.5 Å². The molecule has 0 radical (unpaired) electrons. The highest BCUT2D eigenvalue weighted by molar-refractivity contribution is 7.07. The molecule has 0 bridgehead atoms. The van der Waals surface area contributed by atoms with Crippen LogP contribution in [0.15, 0.2) is 35.2 Å². The number of nitrogens with zero attached hydrogens (tertiary/aromatic N) is 1. The van der Waals surface area contributed by atoms with E-state index in [9.17, 15) is 14.3 Å². The van der Waals surface area contributed by atoms with Gasteiger partial charge in [-0.25, -0.2) is 14.2 Å². The van der Waals surface area contributed by atoms with Gasteiger partial charge in [0.15, 0.2) is 0 Å². The second-order valence-electron chi connectivity index (χ2n) is 5.12. The summed E-state index contributed by atoms with van der Waals surface area (Å²) in [5.74, 6) is -0.368. The van der Waals surface area contributed by atoms with Crippen molar-refractivity contribution in [2.45, 2.75) is 18.9 Å². The molecular weight excluding hydrogens is 305 g/mol. The summed E-state index contributed by atoms with van der Waals surface area (Å²) in [7, 11) is 0. The van der Waals surface area contributed by atoms with Crippen molar-refractivity contribution in [3.8, 4) is 0 Å². The summed E-state index contributed by atoms with van der Waals surface area (Å²) in [6, 6.07) is 5.18. The Morgan fingerprint density at radius 1 is 1.36 bits per heavy atom. The average molecular weight is 323 g/mol. The van der Waals surface area contributed by atoms with Gasteiger partial charge in [-0.1, -0.05) is 12.1 Å². The number of carbonyl (C=O) groups excluding carboxylic acids is 1. The fraction of sp³-hybridized carbons (Fsp3) is 0.333. The summed E-state index contributed by atoms with van der Waals surface area (Å²) < 4.78 is 12.9. The largest absolute Gasteiger partial charge is 0.384 e. The van der Waals surface area contributed by atoms with Crippen LogP contribution in [-0.2, 0) is 12.0 Å². The standard InChI is InChI=1S/C15H18FN3O2S/c1-15(21,11-2-4-12(16)5-3-11)9-18-14(20)17-7-6-13-8-22-10-19-13/h2-5,8,10,21H,6-7,9H2,1H3,(H2,17,18,20). The van der Waals surface area contributed by atoms with Crippen LogP contribution in [0.25, 0.3) is 0 Å². The van der Waals surface area contributed by atoms with Gasteiger partial charge < -0.3 is 15.7 Å². The molecule has 7 heteroatoms. The van der Waals surface area contributed by atoms with Gasteiger partial charge >= 0.3 is 6.03 Å². The summed E-state index contributed by atoms with van der Waals surface area (Å²) in [4.78, 5) is 15.8. The zero-order valence-electron chi connectivity index (χ0n) is 12.2. The van der Waals surface area contributed by atoms with Crippen molar-refractivity contribution < 1.29 is 14.3 Å². The van der Waals surface area contributed by atoms with E-state index in [1.807, 2.05) is 5.38 Å². The van der Waals surface area contributed by atoms with Gasteiger partial charge in [0.25, 0.3) is 0 Å². The maximum absolute atomic E-state index is 12.9. The molecular formula is C15H18FN3O2S. The zero-order chi connectivity index (χ0) is 16.0. The highest BCUT2D eigenvalue weighted by atomic mass is 32.1. The van der Waals surface area contributed by atoms with Gasteiger partial charge in [-0.2, -0.15) is 0 Å². The lowest BCUT2D eigenvalue weighted by molar-refractivity contribution is 0.0593. The molecule has 22 heavy (non-hydrogen) atoms. The van der Waals surface area contributed by atoms with Gasteiger partial charge in [0.2, 0.25) is 0 Å². The Hall–Kier alpha value is -1.99. The molecule has 2 amide bonds. The van der Waals surface area contributed by atoms with Crippen LogP contribution in [0.3, 0.4) is 0 Å². The van der Waals surface area contributed by atoms with E-state index in [1.165, 1.54) is 35.6 Å². The van der Waals surface area contributed by atoms with E-state index in [4.69, 9.17) is 0 Å². The molecule has 3 N–H and O–H groups in total. The van der Waals surface area contributed by atoms with Crippen molar-refractivity contribution in [3.05, 3.63) is 52.2 Å². The van der Waals surface area contributed by atoms with Crippen LogP contribution in [0.5, 0.6) is 0 Å². The van der Waals surface area contributed by atoms with Gasteiger partial charge in [-0.15, -0.1) is 11.3 Å². The molecule has 1 aromatic heterocycles. The number of benzene rings is 1. The Bertz CT molecular complexity index is 600. The van der Waals surface area contributed by atoms with Crippen LogP contribution in [0.4, 0.5) is 9.18 Å². The highest BCUT2D eigenvalue weighted by Crippen LogP contribution is 2.19. The SMILES string of the molecule is CC(O)(CNC(=O)NCCc1cscn1)c1ccc(F)cc1. The molecule has 0 saturated heterocycles. The topological polar surface area (TPSA) is 74.2 Å². The summed E-state index contributed by atoms with van der Waals surface area (Å²) >= 11 is 1.51. The summed E-state index contributed by atoms with van der Waals surface area (Å²) in [6.45, 7) is 2.06. The first-order valence-electron chi connectivity index (χ1n) is 6.84. The number of urea groups is 1. The predicted octanol–water partition coefficient (Wildman–Crippen LogP) is 2.03. The van der Waals surface area contributed by atoms with E-state index in [1.54, 1.807) is 12.4 Å². The number of aliphatic hydroxyl groups is 1. The van der Waals surface area contributed by atoms with E-state index in [2.05, 4.69) is 15.6 Å². The summed E-state index contributed by atoms with van der Waals surface area (Å²) in [5.41, 5.74) is 1.95. The first-order chi connectivity index (χ1) is 10.5. The Labute approximate surface area is 132 Å². The third-order valence-corrected chi connectivity index (χ3v) is 3.84. The lowest BCUT2D eigenvalue weighted by Crippen LogP contribution is -2.44. The molecule has 5 nitrogen and oxygen atoms in total. The number of amides is 2. The van der Waals surface area contributed by atoms with Gasteiger partial charge in [-0.05, 0) is 24.6 Å². The molecule has 0 fully saturated rings. The van der Waals surface area contributed by atoms with Crippen LogP contribution >= 0.6 is 11.3 Å². The first kappa shape index (κ1) is 16.4. The second kappa shape index (κ2) is 7.33. The smallest absolute Gasteiger partial charge is 0.314 e. The molecule has 0 aliphatic carbocycles. The zero-order valence-corrected chi connectivity index (χ0v) is 13.0. The minimum Gasteiger partial charge on any atom is -0.384 e. The lowest BCUT2D eigenvalue weighted by Gasteiger charge is -2.24. The van der Waals surface area contributed by atoms with Gasteiger partial charge in [-0.3, -0.25) is 0 Å². The minimum absolute atomic E-state index is 0.0289. The van der Waals surface area contributed by atoms with Crippen LogP contribution in [-0.4, -0.2) is 29.2 Å². The van der Waals surface area contributed by atoms with E-state index >= 15 is 0 Å². The van der Waals surface area contributed by atoms with Crippen LogP contribution < -0.4 is 10.6 Å². The van der Waals surface area contributed by atoms with Crippen molar-refractivity contribution in [2.75, 3.05) is 13.1 Å². The van der Waals surface area contributed by atoms with E-state index < -0.39 is 5.60 Å². The molecule has 2 rings (SSSR count). The number of nitrogens with one attached hydrogen (secondary N) is 2. The molecule has 0 aliphatic rings. The third-order valence-electron chi connectivity index (χ3n) is 3.21. The molecule has 1 heterocycles. The normalized spacial score (nSPS) is 13.4. The number of hydrogen-bond acceptors (Lipinski definition) is 4. The Morgan fingerprint density at radius 3 is 2.73 bits per heavy atom. The number of thiazole rings is 1. The van der Waals surface area contributed by atoms with E-state index in [-0.39, 0.29) is 18.4 Å². The van der Waals surface area contributed by atoms with Crippen LogP contribution in [0, 0.1) is 5.82 Å². The highest BCUT2D eigenvalue weighted by Gasteiger charge is 2.23. The number of carbonyl (C=O) groups is 1. The Balaban J connectivity index is 1.76.